The normalized spacial score (nSPS) is 11.8. The van der Waals surface area contributed by atoms with Gasteiger partial charge in [0.15, 0.2) is 0 Å². The summed E-state index contributed by atoms with van der Waals surface area (Å²) in [4.78, 5) is 12.6. The van der Waals surface area contributed by atoms with Crippen LogP contribution < -0.4 is 10.1 Å². The van der Waals surface area contributed by atoms with Crippen LogP contribution in [-0.4, -0.2) is 18.2 Å². The van der Waals surface area contributed by atoms with E-state index in [9.17, 15) is 4.79 Å². The van der Waals surface area contributed by atoms with Crippen LogP contribution in [0.1, 0.15) is 28.9 Å². The van der Waals surface area contributed by atoms with Gasteiger partial charge in [-0.2, -0.15) is 0 Å². The van der Waals surface area contributed by atoms with E-state index in [0.29, 0.717) is 11.3 Å². The number of ether oxygens (including phenoxy) is 1. The summed E-state index contributed by atoms with van der Waals surface area (Å²) < 4.78 is 10.2. The first-order valence-electron chi connectivity index (χ1n) is 7.63. The number of carbonyl (C=O) groups excluding carboxylic acids is 1. The summed E-state index contributed by atoms with van der Waals surface area (Å²) in [5, 5.41) is 6.92. The van der Waals surface area contributed by atoms with Crippen LogP contribution >= 0.6 is 0 Å². The molecule has 2 aromatic carbocycles. The molecule has 0 bridgehead atoms. The highest BCUT2D eigenvalue weighted by Crippen LogP contribution is 2.23. The maximum atomic E-state index is 12.6. The molecule has 1 heterocycles. The third-order valence-electron chi connectivity index (χ3n) is 3.82. The number of carbonyl (C=O) groups is 1. The van der Waals surface area contributed by atoms with Crippen LogP contribution in [0.3, 0.4) is 0 Å². The highest BCUT2D eigenvalue weighted by molar-refractivity contribution is 5.99. The maximum Gasteiger partial charge on any atom is 0.257 e. The molecule has 0 saturated carbocycles. The predicted molar refractivity (Wildman–Crippen MR) is 90.8 cm³/mol. The Balaban J connectivity index is 1.77. The summed E-state index contributed by atoms with van der Waals surface area (Å²) in [5.74, 6) is 0.557. The highest BCUT2D eigenvalue weighted by atomic mass is 16.5. The maximum absolute atomic E-state index is 12.6. The van der Waals surface area contributed by atoms with Crippen molar-refractivity contribution in [1.29, 1.82) is 0 Å². The molecule has 0 saturated heterocycles. The summed E-state index contributed by atoms with van der Waals surface area (Å²) in [5.41, 5.74) is 2.78. The first-order chi connectivity index (χ1) is 11.7. The van der Waals surface area contributed by atoms with Gasteiger partial charge in [-0.3, -0.25) is 4.79 Å². The average molecular weight is 322 g/mol. The van der Waals surface area contributed by atoms with E-state index in [1.807, 2.05) is 61.5 Å². The van der Waals surface area contributed by atoms with E-state index in [0.717, 1.165) is 16.9 Å². The number of rotatable bonds is 5. The van der Waals surface area contributed by atoms with Gasteiger partial charge >= 0.3 is 0 Å². The van der Waals surface area contributed by atoms with Crippen molar-refractivity contribution in [2.24, 2.45) is 0 Å². The van der Waals surface area contributed by atoms with E-state index < -0.39 is 0 Å². The van der Waals surface area contributed by atoms with Crippen molar-refractivity contribution in [3.8, 4) is 17.0 Å². The number of hydrogen-bond acceptors (Lipinski definition) is 4. The number of hydrogen-bond donors (Lipinski definition) is 1. The van der Waals surface area contributed by atoms with E-state index in [1.165, 1.54) is 6.26 Å². The van der Waals surface area contributed by atoms with Gasteiger partial charge in [-0.1, -0.05) is 47.6 Å². The molecule has 0 aliphatic rings. The molecular formula is C19H18N2O3. The van der Waals surface area contributed by atoms with Crippen LogP contribution in [0.5, 0.6) is 5.75 Å². The average Bonchev–Trinajstić information content (AvgIpc) is 3.12. The van der Waals surface area contributed by atoms with Gasteiger partial charge in [-0.15, -0.1) is 0 Å². The van der Waals surface area contributed by atoms with Gasteiger partial charge in [-0.05, 0) is 24.6 Å². The Morgan fingerprint density at radius 2 is 1.83 bits per heavy atom. The van der Waals surface area contributed by atoms with Gasteiger partial charge in [0, 0.05) is 5.56 Å². The summed E-state index contributed by atoms with van der Waals surface area (Å²) in [6.07, 6.45) is 1.37. The third kappa shape index (κ3) is 3.30. The summed E-state index contributed by atoms with van der Waals surface area (Å²) in [6.45, 7) is 1.93. The molecule has 3 aromatic rings. The first kappa shape index (κ1) is 15.8. The Hall–Kier alpha value is -3.08. The molecule has 0 aliphatic heterocycles. The Labute approximate surface area is 140 Å². The number of methoxy groups -OCH3 is 1. The van der Waals surface area contributed by atoms with Gasteiger partial charge in [-0.25, -0.2) is 0 Å². The topological polar surface area (TPSA) is 64.4 Å². The Kier molecular flexibility index (Phi) is 4.61. The minimum Gasteiger partial charge on any atom is -0.497 e. The van der Waals surface area contributed by atoms with Crippen molar-refractivity contribution in [3.05, 3.63) is 72.0 Å². The number of nitrogens with one attached hydrogen (secondary N) is 1. The molecule has 5 heteroatoms. The smallest absolute Gasteiger partial charge is 0.257 e. The van der Waals surface area contributed by atoms with Crippen molar-refractivity contribution in [2.45, 2.75) is 13.0 Å². The molecule has 1 N–H and O–H groups in total. The van der Waals surface area contributed by atoms with Gasteiger partial charge in [0.05, 0.1) is 13.2 Å². The molecule has 1 atom stereocenters. The second kappa shape index (κ2) is 7.00. The predicted octanol–water partition coefficient (Wildman–Crippen LogP) is 3.84. The lowest BCUT2D eigenvalue weighted by molar-refractivity contribution is 0.0940. The molecule has 24 heavy (non-hydrogen) atoms. The van der Waals surface area contributed by atoms with Crippen molar-refractivity contribution < 1.29 is 14.1 Å². The molecule has 1 amide bonds. The number of benzene rings is 2. The minimum absolute atomic E-state index is 0.151. The van der Waals surface area contributed by atoms with E-state index in [4.69, 9.17) is 9.26 Å². The monoisotopic (exact) mass is 322 g/mol. The molecule has 0 aliphatic carbocycles. The summed E-state index contributed by atoms with van der Waals surface area (Å²) in [6, 6.07) is 16.9. The van der Waals surface area contributed by atoms with Gasteiger partial charge in [0.1, 0.15) is 23.3 Å². The van der Waals surface area contributed by atoms with E-state index in [-0.39, 0.29) is 11.9 Å². The van der Waals surface area contributed by atoms with Crippen LogP contribution in [0, 0.1) is 0 Å². The largest absolute Gasteiger partial charge is 0.497 e. The van der Waals surface area contributed by atoms with E-state index >= 15 is 0 Å². The van der Waals surface area contributed by atoms with E-state index in [2.05, 4.69) is 10.5 Å². The summed E-state index contributed by atoms with van der Waals surface area (Å²) in [7, 11) is 1.62. The molecule has 0 fully saturated rings. The van der Waals surface area contributed by atoms with Crippen LogP contribution in [0.4, 0.5) is 0 Å². The lowest BCUT2D eigenvalue weighted by Crippen LogP contribution is -2.26. The van der Waals surface area contributed by atoms with Crippen LogP contribution in [-0.2, 0) is 0 Å². The van der Waals surface area contributed by atoms with Crippen molar-refractivity contribution in [1.82, 2.24) is 10.5 Å². The zero-order valence-electron chi connectivity index (χ0n) is 13.5. The molecule has 122 valence electrons. The molecule has 1 aromatic heterocycles. The van der Waals surface area contributed by atoms with Gasteiger partial charge < -0.3 is 14.6 Å². The van der Waals surface area contributed by atoms with Crippen LogP contribution in [0.15, 0.2) is 65.4 Å². The Bertz CT molecular complexity index is 810. The fourth-order valence-corrected chi connectivity index (χ4v) is 2.45. The molecule has 5 nitrogen and oxygen atoms in total. The lowest BCUT2D eigenvalue weighted by atomic mass is 10.1. The fourth-order valence-electron chi connectivity index (χ4n) is 2.45. The van der Waals surface area contributed by atoms with Crippen molar-refractivity contribution in [2.75, 3.05) is 7.11 Å². The standard InChI is InChI=1S/C19H18N2O3/c1-13(14-8-10-16(23-2)11-9-14)20-19(22)17-12-24-21-18(17)15-6-4-3-5-7-15/h3-13H,1-2H3,(H,20,22). The molecule has 0 spiro atoms. The highest BCUT2D eigenvalue weighted by Gasteiger charge is 2.19. The third-order valence-corrected chi connectivity index (χ3v) is 3.82. The number of amides is 1. The van der Waals surface area contributed by atoms with Gasteiger partial charge in [0.2, 0.25) is 0 Å². The van der Waals surface area contributed by atoms with Crippen molar-refractivity contribution >= 4 is 5.91 Å². The molecular weight excluding hydrogens is 304 g/mol. The minimum atomic E-state index is -0.224. The molecule has 1 unspecified atom stereocenters. The second-order valence-corrected chi connectivity index (χ2v) is 5.41. The SMILES string of the molecule is COc1ccc(C(C)NC(=O)c2conc2-c2ccccc2)cc1. The summed E-state index contributed by atoms with van der Waals surface area (Å²) >= 11 is 0. The van der Waals surface area contributed by atoms with E-state index in [1.54, 1.807) is 7.11 Å². The Morgan fingerprint density at radius 3 is 2.50 bits per heavy atom. The fraction of sp³-hybridized carbons (Fsp3) is 0.158. The zero-order valence-corrected chi connectivity index (χ0v) is 13.5. The van der Waals surface area contributed by atoms with Gasteiger partial charge in [0.25, 0.3) is 5.91 Å². The quantitative estimate of drug-likeness (QED) is 0.775. The molecule has 0 radical (unpaired) electrons. The Morgan fingerprint density at radius 1 is 1.12 bits per heavy atom. The number of aromatic nitrogens is 1. The first-order valence-corrected chi connectivity index (χ1v) is 7.63. The van der Waals surface area contributed by atoms with Crippen LogP contribution in [0.25, 0.3) is 11.3 Å². The zero-order chi connectivity index (χ0) is 16.9. The molecule has 3 rings (SSSR count). The van der Waals surface area contributed by atoms with Crippen molar-refractivity contribution in [3.63, 3.8) is 0 Å². The number of nitrogens with zero attached hydrogens (tertiary/aromatic N) is 1. The lowest BCUT2D eigenvalue weighted by Gasteiger charge is -2.14. The second-order valence-electron chi connectivity index (χ2n) is 5.41. The van der Waals surface area contributed by atoms with Crippen LogP contribution in [0.2, 0.25) is 0 Å².